The van der Waals surface area contributed by atoms with Gasteiger partial charge in [-0.2, -0.15) is 0 Å². The van der Waals surface area contributed by atoms with Crippen molar-refractivity contribution >= 4 is 32.6 Å². The molecule has 0 aliphatic carbocycles. The highest BCUT2D eigenvalue weighted by molar-refractivity contribution is 7.92. The number of anilines is 2. The van der Waals surface area contributed by atoms with Gasteiger partial charge in [-0.1, -0.05) is 24.3 Å². The van der Waals surface area contributed by atoms with Crippen LogP contribution in [-0.2, 0) is 10.0 Å². The molecule has 3 aromatic carbocycles. The Morgan fingerprint density at radius 1 is 0.974 bits per heavy atom. The molecule has 5 rings (SSSR count). The molecule has 0 bridgehead atoms. The number of nitrogens with zero attached hydrogens (tertiary/aromatic N) is 3. The second kappa shape index (κ2) is 9.56. The van der Waals surface area contributed by atoms with Gasteiger partial charge in [-0.25, -0.2) is 31.7 Å². The molecule has 9 nitrogen and oxygen atoms in total. The normalized spacial score (nSPS) is 11.4. The summed E-state index contributed by atoms with van der Waals surface area (Å²) >= 11 is 0. The Balaban J connectivity index is 1.61. The molecule has 0 amide bonds. The molecule has 0 spiro atoms. The van der Waals surface area contributed by atoms with Crippen LogP contribution >= 0.6 is 0 Å². The molecule has 0 fully saturated rings. The Morgan fingerprint density at radius 2 is 1.74 bits per heavy atom. The number of nitrogen functional groups attached to an aromatic ring is 1. The van der Waals surface area contributed by atoms with E-state index >= 15 is 0 Å². The third-order valence-electron chi connectivity index (χ3n) is 5.72. The Bertz CT molecular complexity index is 1860. The smallest absolute Gasteiger partial charge is 0.267 e. The second-order valence-corrected chi connectivity index (χ2v) is 9.79. The van der Waals surface area contributed by atoms with E-state index < -0.39 is 37.8 Å². The molecule has 5 aromatic rings. The van der Waals surface area contributed by atoms with Crippen molar-refractivity contribution in [3.05, 3.63) is 101 Å². The van der Waals surface area contributed by atoms with Crippen LogP contribution in [0.2, 0.25) is 0 Å². The summed E-state index contributed by atoms with van der Waals surface area (Å²) in [5.41, 5.74) is 6.87. The largest absolute Gasteiger partial charge is 0.480 e. The summed E-state index contributed by atoms with van der Waals surface area (Å²) < 4.78 is 62.1. The number of sulfonamides is 1. The third-order valence-corrected chi connectivity index (χ3v) is 7.08. The van der Waals surface area contributed by atoms with Crippen molar-refractivity contribution in [1.29, 1.82) is 0 Å². The molecule has 2 aromatic heterocycles. The molecule has 0 aliphatic rings. The van der Waals surface area contributed by atoms with Gasteiger partial charge in [-0.15, -0.1) is 0 Å². The lowest BCUT2D eigenvalue weighted by atomic mass is 10.1. The fraction of sp³-hybridized carbons (Fsp3) is 0.0385. The van der Waals surface area contributed by atoms with Crippen LogP contribution in [0.3, 0.4) is 0 Å². The zero-order valence-corrected chi connectivity index (χ0v) is 20.5. The van der Waals surface area contributed by atoms with Crippen molar-refractivity contribution in [3.63, 3.8) is 0 Å². The average Bonchev–Trinajstić information content (AvgIpc) is 2.90. The number of pyridine rings is 1. The highest BCUT2D eigenvalue weighted by Crippen LogP contribution is 2.31. The van der Waals surface area contributed by atoms with E-state index in [9.17, 15) is 22.0 Å². The number of rotatable bonds is 6. The summed E-state index contributed by atoms with van der Waals surface area (Å²) in [4.78, 5) is 21.4. The lowest BCUT2D eigenvalue weighted by Gasteiger charge is -2.14. The van der Waals surface area contributed by atoms with E-state index in [2.05, 4.69) is 14.7 Å². The van der Waals surface area contributed by atoms with E-state index in [1.54, 1.807) is 48.5 Å². The van der Waals surface area contributed by atoms with Gasteiger partial charge in [0, 0.05) is 17.8 Å². The minimum Gasteiger partial charge on any atom is -0.480 e. The number of nitrogens with one attached hydrogen (secondary N) is 1. The maximum absolute atomic E-state index is 14.1. The number of para-hydroxylation sites is 1. The first kappa shape index (κ1) is 24.8. The van der Waals surface area contributed by atoms with Gasteiger partial charge in [-0.05, 0) is 48.0 Å². The standard InChI is InChI=1S/C26H19F2N5O4S/c1-37-24-23(38(35,36)32-22-10-8-17(27)13-20(22)28)12-16(14-30-24)15-7-9-21-19(11-15)25(34)33(26(29)31-21)18-5-3-2-4-6-18/h2-14,32H,1H3,(H2,29,31). The van der Waals surface area contributed by atoms with Crippen molar-refractivity contribution in [3.8, 4) is 22.7 Å². The summed E-state index contributed by atoms with van der Waals surface area (Å²) in [6.45, 7) is 0. The van der Waals surface area contributed by atoms with Gasteiger partial charge in [0.2, 0.25) is 11.8 Å². The van der Waals surface area contributed by atoms with Crippen LogP contribution in [0.1, 0.15) is 0 Å². The van der Waals surface area contributed by atoms with Crippen LogP contribution in [-0.4, -0.2) is 30.1 Å². The maximum Gasteiger partial charge on any atom is 0.267 e. The van der Waals surface area contributed by atoms with Crippen LogP contribution in [0.25, 0.3) is 27.7 Å². The Hall–Kier alpha value is -4.84. The molecule has 0 unspecified atom stereocenters. The van der Waals surface area contributed by atoms with Gasteiger partial charge in [0.15, 0.2) is 0 Å². The number of aromatic nitrogens is 3. The van der Waals surface area contributed by atoms with Crippen molar-refractivity contribution < 1.29 is 21.9 Å². The Morgan fingerprint density at radius 3 is 2.45 bits per heavy atom. The molecular weight excluding hydrogens is 516 g/mol. The fourth-order valence-electron chi connectivity index (χ4n) is 3.92. The van der Waals surface area contributed by atoms with Gasteiger partial charge in [0.05, 0.1) is 29.4 Å². The summed E-state index contributed by atoms with van der Waals surface area (Å²) in [7, 11) is -3.18. The van der Waals surface area contributed by atoms with E-state index in [-0.39, 0.29) is 17.2 Å². The monoisotopic (exact) mass is 535 g/mol. The molecule has 38 heavy (non-hydrogen) atoms. The minimum absolute atomic E-state index is 0.0139. The van der Waals surface area contributed by atoms with Gasteiger partial charge >= 0.3 is 0 Å². The van der Waals surface area contributed by atoms with Crippen molar-refractivity contribution in [1.82, 2.24) is 14.5 Å². The SMILES string of the molecule is COc1ncc(-c2ccc3nc(N)n(-c4ccccc4)c(=O)c3c2)cc1S(=O)(=O)Nc1ccc(F)cc1F. The van der Waals surface area contributed by atoms with Crippen LogP contribution in [0.4, 0.5) is 20.4 Å². The van der Waals surface area contributed by atoms with E-state index in [0.717, 1.165) is 12.1 Å². The Labute approximate surface area is 215 Å². The molecule has 0 atom stereocenters. The van der Waals surface area contributed by atoms with Crippen LogP contribution < -0.4 is 20.8 Å². The van der Waals surface area contributed by atoms with Crippen LogP contribution in [0.15, 0.2) is 88.7 Å². The third kappa shape index (κ3) is 4.52. The van der Waals surface area contributed by atoms with Crippen molar-refractivity contribution in [2.45, 2.75) is 4.90 Å². The van der Waals surface area contributed by atoms with Gasteiger partial charge in [-0.3, -0.25) is 9.52 Å². The predicted molar refractivity (Wildman–Crippen MR) is 139 cm³/mol. The fourth-order valence-corrected chi connectivity index (χ4v) is 5.13. The number of halogens is 2. The molecular formula is C26H19F2N5O4S. The number of ether oxygens (including phenoxy) is 1. The summed E-state index contributed by atoms with van der Waals surface area (Å²) in [6.07, 6.45) is 1.37. The van der Waals surface area contributed by atoms with E-state index in [1.807, 2.05) is 0 Å². The highest BCUT2D eigenvalue weighted by atomic mass is 32.2. The van der Waals surface area contributed by atoms with E-state index in [0.29, 0.717) is 28.4 Å². The van der Waals surface area contributed by atoms with Crippen molar-refractivity contribution in [2.24, 2.45) is 0 Å². The van der Waals surface area contributed by atoms with Gasteiger partial charge < -0.3 is 10.5 Å². The molecule has 12 heteroatoms. The first-order chi connectivity index (χ1) is 18.2. The highest BCUT2D eigenvalue weighted by Gasteiger charge is 2.24. The molecule has 0 aliphatic heterocycles. The number of nitrogens with two attached hydrogens (primary N) is 1. The lowest BCUT2D eigenvalue weighted by Crippen LogP contribution is -2.23. The van der Waals surface area contributed by atoms with Crippen LogP contribution in [0.5, 0.6) is 5.88 Å². The molecule has 3 N–H and O–H groups in total. The number of hydrogen-bond donors (Lipinski definition) is 2. The van der Waals surface area contributed by atoms with Gasteiger partial charge in [0.1, 0.15) is 16.5 Å². The Kier molecular flexibility index (Phi) is 6.25. The molecule has 0 saturated heterocycles. The second-order valence-electron chi connectivity index (χ2n) is 8.14. The number of hydrogen-bond acceptors (Lipinski definition) is 7. The predicted octanol–water partition coefficient (Wildman–Crippen LogP) is 4.12. The molecule has 0 saturated carbocycles. The quantitative estimate of drug-likeness (QED) is 0.335. The first-order valence-corrected chi connectivity index (χ1v) is 12.6. The maximum atomic E-state index is 14.1. The number of methoxy groups -OCH3 is 1. The van der Waals surface area contributed by atoms with E-state index in [4.69, 9.17) is 10.5 Å². The topological polar surface area (TPSA) is 129 Å². The zero-order chi connectivity index (χ0) is 27.0. The van der Waals surface area contributed by atoms with Gasteiger partial charge in [0.25, 0.3) is 15.6 Å². The average molecular weight is 536 g/mol. The molecule has 192 valence electrons. The minimum atomic E-state index is -4.42. The van der Waals surface area contributed by atoms with E-state index in [1.165, 1.54) is 23.9 Å². The summed E-state index contributed by atoms with van der Waals surface area (Å²) in [5.74, 6) is -2.18. The number of fused-ring (bicyclic) bond motifs is 1. The zero-order valence-electron chi connectivity index (χ0n) is 19.7. The molecule has 2 heterocycles. The summed E-state index contributed by atoms with van der Waals surface area (Å²) in [6, 6.07) is 17.3. The number of benzene rings is 3. The summed E-state index contributed by atoms with van der Waals surface area (Å²) in [5, 5.41) is 0.243. The van der Waals surface area contributed by atoms with Crippen molar-refractivity contribution in [2.75, 3.05) is 17.6 Å². The first-order valence-electron chi connectivity index (χ1n) is 11.1. The lowest BCUT2D eigenvalue weighted by molar-refractivity contribution is 0.385. The molecule has 0 radical (unpaired) electrons. The van der Waals surface area contributed by atoms with Crippen LogP contribution in [0, 0.1) is 11.6 Å².